The molecule has 0 aliphatic carbocycles. The van der Waals surface area contributed by atoms with Gasteiger partial charge in [0.25, 0.3) is 5.91 Å². The molecule has 0 spiro atoms. The van der Waals surface area contributed by atoms with E-state index in [0.717, 1.165) is 5.56 Å². The highest BCUT2D eigenvalue weighted by Gasteiger charge is 2.16. The minimum absolute atomic E-state index is 0.0976. The molecule has 0 saturated carbocycles. The van der Waals surface area contributed by atoms with E-state index in [1.54, 1.807) is 12.1 Å². The third-order valence-electron chi connectivity index (χ3n) is 3.34. The molecule has 0 radical (unpaired) electrons. The van der Waals surface area contributed by atoms with Crippen LogP contribution >= 0.6 is 0 Å². The topological polar surface area (TPSA) is 79.0 Å². The van der Waals surface area contributed by atoms with Gasteiger partial charge in [0.1, 0.15) is 5.75 Å². The van der Waals surface area contributed by atoms with Crippen LogP contribution in [0.4, 0.5) is 0 Å². The third-order valence-corrected chi connectivity index (χ3v) is 4.64. The molecule has 1 amide bonds. The summed E-state index contributed by atoms with van der Waals surface area (Å²) in [4.78, 5) is 13.7. The molecule has 0 unspecified atom stereocenters. The van der Waals surface area contributed by atoms with Crippen molar-refractivity contribution in [1.82, 2.24) is 14.5 Å². The van der Waals surface area contributed by atoms with Gasteiger partial charge in [-0.15, -0.1) is 0 Å². The molecule has 136 valence electrons. The maximum Gasteiger partial charge on any atom is 0.257 e. The summed E-state index contributed by atoms with van der Waals surface area (Å²) in [5.74, 6) is 0.344. The fourth-order valence-electron chi connectivity index (χ4n) is 1.91. The van der Waals surface area contributed by atoms with Gasteiger partial charge in [-0.3, -0.25) is 4.79 Å². The van der Waals surface area contributed by atoms with Crippen LogP contribution in [0.5, 0.6) is 5.75 Å². The average molecular weight is 357 g/mol. The molecule has 0 aliphatic rings. The van der Waals surface area contributed by atoms with Crippen LogP contribution in [0.1, 0.15) is 5.56 Å². The predicted octanol–water partition coefficient (Wildman–Crippen LogP) is 0.313. The Kier molecular flexibility index (Phi) is 8.17. The van der Waals surface area contributed by atoms with Crippen molar-refractivity contribution in [1.29, 1.82) is 0 Å². The summed E-state index contributed by atoms with van der Waals surface area (Å²) in [5.41, 5.74) is 1.12. The van der Waals surface area contributed by atoms with Gasteiger partial charge in [-0.25, -0.2) is 8.42 Å². The molecule has 0 aliphatic heterocycles. The van der Waals surface area contributed by atoms with E-state index in [-0.39, 0.29) is 25.6 Å². The number of amides is 1. The summed E-state index contributed by atoms with van der Waals surface area (Å²) in [5, 5.41) is 2.67. The van der Waals surface area contributed by atoms with Crippen molar-refractivity contribution in [3.8, 4) is 5.75 Å². The van der Waals surface area contributed by atoms with Gasteiger partial charge < -0.3 is 15.0 Å². The largest absolute Gasteiger partial charge is 0.484 e. The number of aryl methyl sites for hydroxylation is 1. The number of hydrogen-bond donors (Lipinski definition) is 1. The number of nitrogens with one attached hydrogen (secondary N) is 1. The van der Waals surface area contributed by atoms with E-state index in [2.05, 4.69) is 5.32 Å². The van der Waals surface area contributed by atoms with E-state index in [1.807, 2.05) is 38.1 Å². The molecule has 1 aromatic rings. The first kappa shape index (κ1) is 20.4. The van der Waals surface area contributed by atoms with Crippen LogP contribution in [0.15, 0.2) is 24.3 Å². The first-order valence-electron chi connectivity index (χ1n) is 7.74. The standard InChI is InChI=1S/C16H27N3O4S/c1-14-5-7-15(8-6-14)23-13-16(20)17-9-10-19(24(4,21)22)12-11-18(2)3/h5-8H,9-13H2,1-4H3,(H,17,20). The van der Waals surface area contributed by atoms with Gasteiger partial charge in [0.2, 0.25) is 10.0 Å². The normalized spacial score (nSPS) is 11.8. The number of carbonyl (C=O) groups is 1. The van der Waals surface area contributed by atoms with Crippen LogP contribution in [0.25, 0.3) is 0 Å². The second kappa shape index (κ2) is 9.61. The maximum absolute atomic E-state index is 11.8. The van der Waals surface area contributed by atoms with Crippen molar-refractivity contribution >= 4 is 15.9 Å². The molecule has 1 rings (SSSR count). The number of carbonyl (C=O) groups excluding carboxylic acids is 1. The summed E-state index contributed by atoms with van der Waals surface area (Å²) < 4.78 is 30.2. The number of likely N-dealkylation sites (N-methyl/N-ethyl adjacent to an activating group) is 1. The molecule has 0 fully saturated rings. The highest BCUT2D eigenvalue weighted by Crippen LogP contribution is 2.10. The molecule has 1 aromatic carbocycles. The van der Waals surface area contributed by atoms with Gasteiger partial charge in [-0.1, -0.05) is 17.7 Å². The Bertz CT molecular complexity index is 615. The van der Waals surface area contributed by atoms with Crippen LogP contribution in [0, 0.1) is 6.92 Å². The van der Waals surface area contributed by atoms with Crippen LogP contribution < -0.4 is 10.1 Å². The Hall–Kier alpha value is -1.64. The summed E-state index contributed by atoms with van der Waals surface area (Å²) in [6, 6.07) is 7.41. The van der Waals surface area contributed by atoms with E-state index in [9.17, 15) is 13.2 Å². The van der Waals surface area contributed by atoms with E-state index in [1.165, 1.54) is 10.6 Å². The van der Waals surface area contributed by atoms with Crippen LogP contribution in [0.3, 0.4) is 0 Å². The average Bonchev–Trinajstić information content (AvgIpc) is 2.48. The molecule has 24 heavy (non-hydrogen) atoms. The van der Waals surface area contributed by atoms with Crippen molar-refractivity contribution in [3.05, 3.63) is 29.8 Å². The lowest BCUT2D eigenvalue weighted by Gasteiger charge is -2.22. The zero-order valence-corrected chi connectivity index (χ0v) is 15.6. The molecular formula is C16H27N3O4S. The number of rotatable bonds is 10. The number of sulfonamides is 1. The van der Waals surface area contributed by atoms with E-state index >= 15 is 0 Å². The monoisotopic (exact) mass is 357 g/mol. The molecule has 0 atom stereocenters. The molecule has 0 saturated heterocycles. The summed E-state index contributed by atoms with van der Waals surface area (Å²) >= 11 is 0. The molecule has 1 N–H and O–H groups in total. The van der Waals surface area contributed by atoms with Gasteiger partial charge in [-0.05, 0) is 33.2 Å². The van der Waals surface area contributed by atoms with Gasteiger partial charge in [-0.2, -0.15) is 4.31 Å². The van der Waals surface area contributed by atoms with Gasteiger partial charge in [0, 0.05) is 26.2 Å². The second-order valence-electron chi connectivity index (χ2n) is 5.92. The molecule has 7 nitrogen and oxygen atoms in total. The molecule has 8 heteroatoms. The predicted molar refractivity (Wildman–Crippen MR) is 94.7 cm³/mol. The van der Waals surface area contributed by atoms with Crippen molar-refractivity contribution in [2.75, 3.05) is 53.1 Å². The smallest absolute Gasteiger partial charge is 0.257 e. The quantitative estimate of drug-likeness (QED) is 0.652. The second-order valence-corrected chi connectivity index (χ2v) is 7.90. The van der Waals surface area contributed by atoms with Gasteiger partial charge >= 0.3 is 0 Å². The highest BCUT2D eigenvalue weighted by atomic mass is 32.2. The van der Waals surface area contributed by atoms with E-state index in [0.29, 0.717) is 18.8 Å². The summed E-state index contributed by atoms with van der Waals surface area (Å²) in [7, 11) is 0.465. The van der Waals surface area contributed by atoms with E-state index < -0.39 is 10.0 Å². The molecule has 0 heterocycles. The summed E-state index contributed by atoms with van der Waals surface area (Å²) in [6.45, 7) is 3.37. The minimum Gasteiger partial charge on any atom is -0.484 e. The lowest BCUT2D eigenvalue weighted by atomic mass is 10.2. The van der Waals surface area contributed by atoms with Gasteiger partial charge in [0.05, 0.1) is 6.26 Å². The van der Waals surface area contributed by atoms with Crippen molar-refractivity contribution < 1.29 is 17.9 Å². The fourth-order valence-corrected chi connectivity index (χ4v) is 2.75. The Morgan fingerprint density at radius 1 is 1.12 bits per heavy atom. The number of benzene rings is 1. The van der Waals surface area contributed by atoms with Crippen molar-refractivity contribution in [2.45, 2.75) is 6.92 Å². The van der Waals surface area contributed by atoms with E-state index in [4.69, 9.17) is 4.74 Å². The zero-order valence-electron chi connectivity index (χ0n) is 14.8. The summed E-state index contributed by atoms with van der Waals surface area (Å²) in [6.07, 6.45) is 1.17. The Labute approximate surface area is 144 Å². The Morgan fingerprint density at radius 2 is 1.75 bits per heavy atom. The number of ether oxygens (including phenoxy) is 1. The Morgan fingerprint density at radius 3 is 2.29 bits per heavy atom. The molecular weight excluding hydrogens is 330 g/mol. The molecule has 0 aromatic heterocycles. The first-order valence-corrected chi connectivity index (χ1v) is 9.59. The Balaban J connectivity index is 2.35. The van der Waals surface area contributed by atoms with Gasteiger partial charge in [0.15, 0.2) is 6.61 Å². The zero-order chi connectivity index (χ0) is 18.2. The SMILES string of the molecule is Cc1ccc(OCC(=O)NCCN(CCN(C)C)S(C)(=O)=O)cc1. The maximum atomic E-state index is 11.8. The fraction of sp³-hybridized carbons (Fsp3) is 0.562. The van der Waals surface area contributed by atoms with Crippen LogP contribution in [-0.4, -0.2) is 76.7 Å². The van der Waals surface area contributed by atoms with Crippen LogP contribution in [-0.2, 0) is 14.8 Å². The minimum atomic E-state index is -3.29. The third kappa shape index (κ3) is 8.28. The number of nitrogens with zero attached hydrogens (tertiary/aromatic N) is 2. The van der Waals surface area contributed by atoms with Crippen LogP contribution in [0.2, 0.25) is 0 Å². The highest BCUT2D eigenvalue weighted by molar-refractivity contribution is 7.88. The number of hydrogen-bond acceptors (Lipinski definition) is 5. The molecule has 0 bridgehead atoms. The van der Waals surface area contributed by atoms with Crippen molar-refractivity contribution in [3.63, 3.8) is 0 Å². The lowest BCUT2D eigenvalue weighted by molar-refractivity contribution is -0.123. The van der Waals surface area contributed by atoms with Crippen molar-refractivity contribution in [2.24, 2.45) is 0 Å². The first-order chi connectivity index (χ1) is 11.2. The lowest BCUT2D eigenvalue weighted by Crippen LogP contribution is -2.42.